The zero-order chi connectivity index (χ0) is 17.7. The molecule has 3 atom stereocenters. The van der Waals surface area contributed by atoms with Crippen LogP contribution in [-0.4, -0.2) is 37.8 Å². The van der Waals surface area contributed by atoms with Gasteiger partial charge in [0.15, 0.2) is 5.79 Å². The van der Waals surface area contributed by atoms with Gasteiger partial charge in [0.05, 0.1) is 31.8 Å². The lowest BCUT2D eigenvalue weighted by molar-refractivity contribution is -0.198. The van der Waals surface area contributed by atoms with Crippen LogP contribution in [0.4, 0.5) is 0 Å². The molecule has 5 heteroatoms. The number of aliphatic imine (C=N–C) groups is 1. The summed E-state index contributed by atoms with van der Waals surface area (Å²) < 4.78 is 16.9. The third-order valence-electron chi connectivity index (χ3n) is 5.09. The molecule has 0 amide bonds. The zero-order valence-electron chi connectivity index (χ0n) is 15.0. The molecule has 0 radical (unpaired) electrons. The van der Waals surface area contributed by atoms with Gasteiger partial charge in [-0.25, -0.2) is 0 Å². The van der Waals surface area contributed by atoms with Gasteiger partial charge >= 0.3 is 5.97 Å². The van der Waals surface area contributed by atoms with Crippen molar-refractivity contribution in [1.82, 2.24) is 0 Å². The van der Waals surface area contributed by atoms with Gasteiger partial charge in [-0.05, 0) is 25.8 Å². The lowest BCUT2D eigenvalue weighted by Crippen LogP contribution is -2.44. The highest BCUT2D eigenvalue weighted by molar-refractivity contribution is 5.78. The molecule has 1 spiro atoms. The number of carbonyl (C=O) groups excluding carboxylic acids is 1. The fraction of sp³-hybridized carbons (Fsp3) is 0.600. The Labute approximate surface area is 149 Å². The minimum absolute atomic E-state index is 0.0589. The fourth-order valence-corrected chi connectivity index (χ4v) is 3.68. The molecule has 5 nitrogen and oxygen atoms in total. The lowest BCUT2D eigenvalue weighted by Gasteiger charge is -2.38. The molecule has 3 rings (SSSR count). The maximum absolute atomic E-state index is 12.5. The van der Waals surface area contributed by atoms with E-state index in [1.807, 2.05) is 31.3 Å². The summed E-state index contributed by atoms with van der Waals surface area (Å²) in [5, 5.41) is 0. The highest BCUT2D eigenvalue weighted by Gasteiger charge is 2.47. The molecule has 1 unspecified atom stereocenters. The summed E-state index contributed by atoms with van der Waals surface area (Å²) in [6.45, 7) is 5.48. The van der Waals surface area contributed by atoms with Crippen LogP contribution in [0.15, 0.2) is 35.3 Å². The second-order valence-electron chi connectivity index (χ2n) is 6.76. The molecule has 25 heavy (non-hydrogen) atoms. The van der Waals surface area contributed by atoms with E-state index < -0.39 is 5.79 Å². The largest absolute Gasteiger partial charge is 0.466 e. The number of nitrogens with zero attached hydrogens (tertiary/aromatic N) is 1. The van der Waals surface area contributed by atoms with Crippen molar-refractivity contribution < 1.29 is 19.0 Å². The van der Waals surface area contributed by atoms with Gasteiger partial charge in [0, 0.05) is 25.0 Å². The van der Waals surface area contributed by atoms with E-state index in [-0.39, 0.29) is 23.8 Å². The van der Waals surface area contributed by atoms with Gasteiger partial charge in [-0.15, -0.1) is 0 Å². The highest BCUT2D eigenvalue weighted by atomic mass is 16.7. The predicted octanol–water partition coefficient (Wildman–Crippen LogP) is 3.54. The molecule has 1 aliphatic carbocycles. The van der Waals surface area contributed by atoms with Crippen LogP contribution in [0.5, 0.6) is 0 Å². The van der Waals surface area contributed by atoms with Crippen LogP contribution in [-0.2, 0) is 19.0 Å². The van der Waals surface area contributed by atoms with Crippen molar-refractivity contribution >= 4 is 12.2 Å². The van der Waals surface area contributed by atoms with Crippen LogP contribution in [0, 0.1) is 11.8 Å². The van der Waals surface area contributed by atoms with Crippen molar-refractivity contribution in [1.29, 1.82) is 0 Å². The summed E-state index contributed by atoms with van der Waals surface area (Å²) in [5.41, 5.74) is 1.17. The lowest BCUT2D eigenvalue weighted by atomic mass is 9.76. The van der Waals surface area contributed by atoms with Crippen LogP contribution in [0.25, 0.3) is 0 Å². The minimum atomic E-state index is -0.604. The molecule has 1 aliphatic heterocycles. The normalized spacial score (nSPS) is 26.8. The second kappa shape index (κ2) is 8.11. The first-order valence-corrected chi connectivity index (χ1v) is 9.16. The summed E-state index contributed by atoms with van der Waals surface area (Å²) >= 11 is 0. The van der Waals surface area contributed by atoms with Crippen LogP contribution >= 0.6 is 0 Å². The molecule has 0 aromatic heterocycles. The third kappa shape index (κ3) is 4.28. The summed E-state index contributed by atoms with van der Waals surface area (Å²) in [7, 11) is 0. The maximum atomic E-state index is 12.5. The first-order chi connectivity index (χ1) is 12.1. The van der Waals surface area contributed by atoms with Gasteiger partial charge in [0.1, 0.15) is 0 Å². The smallest absolute Gasteiger partial charge is 0.309 e. The summed E-state index contributed by atoms with van der Waals surface area (Å²) in [5.74, 6) is -0.987. The second-order valence-corrected chi connectivity index (χ2v) is 6.76. The van der Waals surface area contributed by atoms with Crippen molar-refractivity contribution in [2.45, 2.75) is 44.9 Å². The first kappa shape index (κ1) is 18.1. The van der Waals surface area contributed by atoms with E-state index in [0.717, 1.165) is 12.8 Å². The Bertz CT molecular complexity index is 595. The van der Waals surface area contributed by atoms with Gasteiger partial charge in [-0.1, -0.05) is 30.3 Å². The van der Waals surface area contributed by atoms with Gasteiger partial charge < -0.3 is 14.2 Å². The standard InChI is InChI=1S/C20H27NO4/c1-3-23-19(22)18-13-20(24-11-12-25-20)10-9-17(18)14-21-15(2)16-7-5-4-6-8-16/h4-8,14-15,17-18H,3,9-13H2,1-2H3/t15-,17?,18-/m1/s1. The Hall–Kier alpha value is -1.72. The van der Waals surface area contributed by atoms with E-state index in [4.69, 9.17) is 19.2 Å². The molecular weight excluding hydrogens is 318 g/mol. The number of carbonyl (C=O) groups is 1. The molecule has 2 fully saturated rings. The van der Waals surface area contributed by atoms with E-state index >= 15 is 0 Å². The van der Waals surface area contributed by atoms with Crippen molar-refractivity contribution in [3.8, 4) is 0 Å². The van der Waals surface area contributed by atoms with Crippen molar-refractivity contribution in [2.75, 3.05) is 19.8 Å². The van der Waals surface area contributed by atoms with Crippen LogP contribution in [0.3, 0.4) is 0 Å². The topological polar surface area (TPSA) is 57.1 Å². The van der Waals surface area contributed by atoms with Crippen molar-refractivity contribution in [3.05, 3.63) is 35.9 Å². The Kier molecular flexibility index (Phi) is 5.86. The number of benzene rings is 1. The number of hydrogen-bond acceptors (Lipinski definition) is 5. The predicted molar refractivity (Wildman–Crippen MR) is 95.4 cm³/mol. The monoisotopic (exact) mass is 345 g/mol. The Morgan fingerprint density at radius 2 is 2.08 bits per heavy atom. The molecule has 1 heterocycles. The van der Waals surface area contributed by atoms with Crippen molar-refractivity contribution in [2.24, 2.45) is 16.8 Å². The highest BCUT2D eigenvalue weighted by Crippen LogP contribution is 2.42. The third-order valence-corrected chi connectivity index (χ3v) is 5.09. The van der Waals surface area contributed by atoms with Crippen LogP contribution < -0.4 is 0 Å². The summed E-state index contributed by atoms with van der Waals surface area (Å²) in [6.07, 6.45) is 4.09. The SMILES string of the molecule is CCOC(=O)[C@@H]1CC2(CCC1C=N[C@H](C)c1ccccc1)OCCO2. The molecule has 0 N–H and O–H groups in total. The van der Waals surface area contributed by atoms with Crippen LogP contribution in [0.1, 0.15) is 44.7 Å². The Morgan fingerprint density at radius 1 is 1.36 bits per heavy atom. The van der Waals surface area contributed by atoms with Gasteiger partial charge in [-0.3, -0.25) is 9.79 Å². The Morgan fingerprint density at radius 3 is 2.76 bits per heavy atom. The van der Waals surface area contributed by atoms with Gasteiger partial charge in [0.25, 0.3) is 0 Å². The molecule has 1 aromatic carbocycles. The van der Waals surface area contributed by atoms with Gasteiger partial charge in [0.2, 0.25) is 0 Å². The number of rotatable bonds is 5. The molecule has 136 valence electrons. The van der Waals surface area contributed by atoms with Crippen LogP contribution in [0.2, 0.25) is 0 Å². The summed E-state index contributed by atoms with van der Waals surface area (Å²) in [4.78, 5) is 17.2. The molecular formula is C20H27NO4. The van der Waals surface area contributed by atoms with E-state index in [1.54, 1.807) is 0 Å². The molecule has 2 aliphatic rings. The zero-order valence-corrected chi connectivity index (χ0v) is 15.0. The Balaban J connectivity index is 1.71. The van der Waals surface area contributed by atoms with E-state index in [9.17, 15) is 4.79 Å². The van der Waals surface area contributed by atoms with Gasteiger partial charge in [-0.2, -0.15) is 0 Å². The van der Waals surface area contributed by atoms with Crippen molar-refractivity contribution in [3.63, 3.8) is 0 Å². The average Bonchev–Trinajstić information content (AvgIpc) is 3.09. The molecule has 1 saturated heterocycles. The molecule has 0 bridgehead atoms. The first-order valence-electron chi connectivity index (χ1n) is 9.16. The summed E-state index contributed by atoms with van der Waals surface area (Å²) in [6, 6.07) is 10.2. The van der Waals surface area contributed by atoms with E-state index in [1.165, 1.54) is 5.56 Å². The molecule has 1 saturated carbocycles. The van der Waals surface area contributed by atoms with E-state index in [0.29, 0.717) is 26.2 Å². The maximum Gasteiger partial charge on any atom is 0.309 e. The number of ether oxygens (including phenoxy) is 3. The minimum Gasteiger partial charge on any atom is -0.466 e. The average molecular weight is 345 g/mol. The number of hydrogen-bond donors (Lipinski definition) is 0. The van der Waals surface area contributed by atoms with E-state index in [2.05, 4.69) is 19.1 Å². The fourth-order valence-electron chi connectivity index (χ4n) is 3.68. The number of esters is 1. The quantitative estimate of drug-likeness (QED) is 0.605. The molecule has 1 aromatic rings.